The van der Waals surface area contributed by atoms with E-state index in [1.54, 1.807) is 0 Å². The van der Waals surface area contributed by atoms with Crippen molar-refractivity contribution in [2.45, 2.75) is 45.7 Å². The van der Waals surface area contributed by atoms with E-state index in [0.29, 0.717) is 12.1 Å². The van der Waals surface area contributed by atoms with Crippen molar-refractivity contribution >= 4 is 45.2 Å². The van der Waals surface area contributed by atoms with E-state index in [1.165, 1.54) is 22.4 Å². The van der Waals surface area contributed by atoms with Crippen LogP contribution in [0, 0.1) is 0 Å². The van der Waals surface area contributed by atoms with Crippen molar-refractivity contribution in [2.24, 2.45) is 7.05 Å². The number of piperazine rings is 1. The minimum Gasteiger partial charge on any atom is -0.340 e. The number of benzene rings is 2. The van der Waals surface area contributed by atoms with Gasteiger partial charge in [0.05, 0.1) is 16.1 Å². The largest absolute Gasteiger partial charge is 0.340 e. The van der Waals surface area contributed by atoms with Gasteiger partial charge < -0.3 is 19.7 Å². The van der Waals surface area contributed by atoms with Crippen LogP contribution in [0.1, 0.15) is 62.2 Å². The summed E-state index contributed by atoms with van der Waals surface area (Å²) in [6, 6.07) is 10.0. The first-order valence-corrected chi connectivity index (χ1v) is 17.2. The number of hydrogen-bond acceptors (Lipinski definition) is 7. The summed E-state index contributed by atoms with van der Waals surface area (Å²) in [6.45, 7) is 10.5. The van der Waals surface area contributed by atoms with Gasteiger partial charge in [-0.1, -0.05) is 13.0 Å². The van der Waals surface area contributed by atoms with Crippen LogP contribution in [0.5, 0.6) is 0 Å². The molecule has 1 fully saturated rings. The molecular weight excluding hydrogens is 581 g/mol. The number of aromatic nitrogens is 3. The van der Waals surface area contributed by atoms with Crippen molar-refractivity contribution in [1.82, 2.24) is 29.5 Å². The molecule has 0 bridgehead atoms. The minimum atomic E-state index is 0.0414. The van der Waals surface area contributed by atoms with Crippen LogP contribution in [-0.4, -0.2) is 82.5 Å². The SMILES string of the molecule is CCN1CCN(CCCCn2c3ccc(C(=O)c4cccs4)cc3c3c(CNC)c(C=O)c4c(c32)CCc2nn(C)cc2-4)CC1. The lowest BCUT2D eigenvalue weighted by molar-refractivity contribution is 0.104. The number of hydrogen-bond donors (Lipinski definition) is 1. The minimum absolute atomic E-state index is 0.0414. The number of fused-ring (bicyclic) bond motifs is 7. The monoisotopic (exact) mass is 622 g/mol. The number of aryl methyl sites for hydroxylation is 4. The van der Waals surface area contributed by atoms with Crippen molar-refractivity contribution in [2.75, 3.05) is 46.3 Å². The van der Waals surface area contributed by atoms with E-state index in [4.69, 9.17) is 5.10 Å². The molecular formula is C36H42N6O2S. The predicted octanol–water partition coefficient (Wildman–Crippen LogP) is 5.54. The van der Waals surface area contributed by atoms with Crippen molar-refractivity contribution in [1.29, 1.82) is 0 Å². The molecule has 0 saturated carbocycles. The lowest BCUT2D eigenvalue weighted by Gasteiger charge is -2.34. The van der Waals surface area contributed by atoms with Gasteiger partial charge in [-0.25, -0.2) is 0 Å². The Morgan fingerprint density at radius 2 is 1.87 bits per heavy atom. The molecule has 2 aliphatic rings. The number of unbranched alkanes of at least 4 members (excludes halogenated alkanes) is 1. The quantitative estimate of drug-likeness (QED) is 0.119. The van der Waals surface area contributed by atoms with Crippen LogP contribution in [0.15, 0.2) is 41.9 Å². The molecule has 1 aliphatic heterocycles. The number of ketones is 1. The van der Waals surface area contributed by atoms with Gasteiger partial charge in [0.15, 0.2) is 6.29 Å². The molecule has 0 atom stereocenters. The Kier molecular flexibility index (Phi) is 8.44. The number of nitrogens with zero attached hydrogens (tertiary/aromatic N) is 5. The normalized spacial score (nSPS) is 15.5. The van der Waals surface area contributed by atoms with Gasteiger partial charge in [0, 0.05) is 91.1 Å². The Balaban J connectivity index is 1.37. The number of carbonyl (C=O) groups is 2. The average Bonchev–Trinajstić information content (AvgIpc) is 3.81. The van der Waals surface area contributed by atoms with Crippen molar-refractivity contribution < 1.29 is 9.59 Å². The summed E-state index contributed by atoms with van der Waals surface area (Å²) in [6.07, 6.45) is 6.97. The molecule has 4 heterocycles. The number of nitrogens with one attached hydrogen (secondary N) is 1. The Morgan fingerprint density at radius 1 is 1.07 bits per heavy atom. The van der Waals surface area contributed by atoms with Crippen LogP contribution in [-0.2, 0) is 33.0 Å². The standard InChI is InChI=1S/C36H42N6O2S/c1-4-40-15-17-41(18-16-40)13-5-6-14-42-31-12-9-24(36(44)32-8-7-19-45-32)20-26(31)34-27(21-37-2)29(23-43)33-25(35(34)42)10-11-30-28(33)22-39(3)38-30/h7-9,12,19-20,22-23,37H,4-6,10-11,13-18,21H2,1-3H3. The van der Waals surface area contributed by atoms with Gasteiger partial charge in [0.1, 0.15) is 0 Å². The van der Waals surface area contributed by atoms with Gasteiger partial charge in [-0.2, -0.15) is 5.10 Å². The Morgan fingerprint density at radius 3 is 2.60 bits per heavy atom. The van der Waals surface area contributed by atoms with Crippen LogP contribution >= 0.6 is 11.3 Å². The summed E-state index contributed by atoms with van der Waals surface area (Å²) in [7, 11) is 3.89. The zero-order chi connectivity index (χ0) is 31.1. The lowest BCUT2D eigenvalue weighted by atomic mass is 9.82. The maximum Gasteiger partial charge on any atom is 0.202 e. The first-order valence-electron chi connectivity index (χ1n) is 16.3. The fourth-order valence-corrected chi connectivity index (χ4v) is 8.30. The zero-order valence-electron chi connectivity index (χ0n) is 26.6. The van der Waals surface area contributed by atoms with E-state index < -0.39 is 0 Å². The van der Waals surface area contributed by atoms with Crippen LogP contribution in [0.2, 0.25) is 0 Å². The van der Waals surface area contributed by atoms with E-state index in [-0.39, 0.29) is 5.78 Å². The zero-order valence-corrected chi connectivity index (χ0v) is 27.4. The highest BCUT2D eigenvalue weighted by molar-refractivity contribution is 7.12. The fraction of sp³-hybridized carbons (Fsp3) is 0.417. The van der Waals surface area contributed by atoms with Gasteiger partial charge in [0.25, 0.3) is 0 Å². The smallest absolute Gasteiger partial charge is 0.202 e. The third kappa shape index (κ3) is 5.35. The van der Waals surface area contributed by atoms with Crippen LogP contribution in [0.25, 0.3) is 32.9 Å². The highest BCUT2D eigenvalue weighted by Gasteiger charge is 2.30. The molecule has 1 N–H and O–H groups in total. The molecule has 0 radical (unpaired) electrons. The highest BCUT2D eigenvalue weighted by atomic mass is 32.1. The maximum absolute atomic E-state index is 13.5. The summed E-state index contributed by atoms with van der Waals surface area (Å²) in [5.41, 5.74) is 9.14. The molecule has 45 heavy (non-hydrogen) atoms. The van der Waals surface area contributed by atoms with Gasteiger partial charge in [-0.3, -0.25) is 14.3 Å². The molecule has 3 aromatic heterocycles. The summed E-state index contributed by atoms with van der Waals surface area (Å²) in [5, 5.41) is 12.2. The van der Waals surface area contributed by atoms with Gasteiger partial charge >= 0.3 is 0 Å². The Hall–Kier alpha value is -3.63. The van der Waals surface area contributed by atoms with Gasteiger partial charge in [-0.05, 0) is 86.6 Å². The summed E-state index contributed by atoms with van der Waals surface area (Å²) in [5.74, 6) is 0.0414. The van der Waals surface area contributed by atoms with Crippen molar-refractivity contribution in [3.63, 3.8) is 0 Å². The fourth-order valence-electron chi connectivity index (χ4n) is 7.61. The summed E-state index contributed by atoms with van der Waals surface area (Å²) >= 11 is 1.47. The topological polar surface area (TPSA) is 75.4 Å². The number of rotatable bonds is 11. The average molecular weight is 623 g/mol. The van der Waals surface area contributed by atoms with E-state index in [1.807, 2.05) is 42.4 Å². The third-order valence-corrected chi connectivity index (χ3v) is 10.7. The first kappa shape index (κ1) is 30.0. The third-order valence-electron chi connectivity index (χ3n) is 9.83. The Labute approximate surface area is 268 Å². The van der Waals surface area contributed by atoms with Crippen LogP contribution in [0.4, 0.5) is 0 Å². The molecule has 7 rings (SSSR count). The molecule has 1 aliphatic carbocycles. The van der Waals surface area contributed by atoms with E-state index >= 15 is 0 Å². The van der Waals surface area contributed by atoms with Crippen LogP contribution in [0.3, 0.4) is 0 Å². The maximum atomic E-state index is 13.5. The van der Waals surface area contributed by atoms with Crippen molar-refractivity contribution in [3.05, 3.63) is 74.7 Å². The second-order valence-corrected chi connectivity index (χ2v) is 13.4. The summed E-state index contributed by atoms with van der Waals surface area (Å²) in [4.78, 5) is 32.4. The molecule has 234 valence electrons. The molecule has 5 aromatic rings. The second-order valence-electron chi connectivity index (χ2n) is 12.5. The lowest BCUT2D eigenvalue weighted by Crippen LogP contribution is -2.46. The number of likely N-dealkylation sites (N-methyl/N-ethyl adjacent to an activating group) is 1. The number of aldehydes is 1. The molecule has 0 unspecified atom stereocenters. The highest BCUT2D eigenvalue weighted by Crippen LogP contribution is 2.45. The summed E-state index contributed by atoms with van der Waals surface area (Å²) < 4.78 is 4.36. The second kappa shape index (κ2) is 12.6. The molecule has 0 amide bonds. The molecule has 9 heteroatoms. The van der Waals surface area contributed by atoms with E-state index in [0.717, 1.165) is 127 Å². The molecule has 0 spiro atoms. The first-order chi connectivity index (χ1) is 22.0. The van der Waals surface area contributed by atoms with E-state index in [2.05, 4.69) is 44.9 Å². The molecule has 2 aromatic carbocycles. The number of carbonyl (C=O) groups excluding carboxylic acids is 2. The van der Waals surface area contributed by atoms with Crippen LogP contribution < -0.4 is 5.32 Å². The van der Waals surface area contributed by atoms with Gasteiger partial charge in [0.2, 0.25) is 5.78 Å². The molecule has 1 saturated heterocycles. The number of thiophene rings is 1. The van der Waals surface area contributed by atoms with Crippen molar-refractivity contribution in [3.8, 4) is 11.1 Å². The molecule has 8 nitrogen and oxygen atoms in total. The van der Waals surface area contributed by atoms with E-state index in [9.17, 15) is 9.59 Å². The van der Waals surface area contributed by atoms with Gasteiger partial charge in [-0.15, -0.1) is 11.3 Å². The predicted molar refractivity (Wildman–Crippen MR) is 183 cm³/mol. The Bertz CT molecular complexity index is 1880.